The van der Waals surface area contributed by atoms with Crippen molar-refractivity contribution in [2.75, 3.05) is 18.8 Å². The van der Waals surface area contributed by atoms with Crippen molar-refractivity contribution in [3.05, 3.63) is 70.5 Å². The van der Waals surface area contributed by atoms with Crippen molar-refractivity contribution in [2.45, 2.75) is 16.6 Å². The van der Waals surface area contributed by atoms with Gasteiger partial charge in [0.25, 0.3) is 0 Å². The van der Waals surface area contributed by atoms with Gasteiger partial charge in [-0.3, -0.25) is 9.89 Å². The van der Waals surface area contributed by atoms with Crippen LogP contribution in [-0.4, -0.2) is 52.7 Å². The predicted octanol–water partition coefficient (Wildman–Crippen LogP) is 3.21. The summed E-state index contributed by atoms with van der Waals surface area (Å²) >= 11 is 13.6. The number of H-pyrrole nitrogens is 1. The van der Waals surface area contributed by atoms with E-state index in [9.17, 15) is 13.2 Å². The molecule has 0 saturated carbocycles. The average Bonchev–Trinajstić information content (AvgIpc) is 3.27. The van der Waals surface area contributed by atoms with E-state index in [0.29, 0.717) is 33.1 Å². The van der Waals surface area contributed by atoms with Gasteiger partial charge in [0.1, 0.15) is 6.33 Å². The highest BCUT2D eigenvalue weighted by Gasteiger charge is 2.27. The summed E-state index contributed by atoms with van der Waals surface area (Å²) in [6, 6.07) is 12.7. The van der Waals surface area contributed by atoms with Crippen LogP contribution in [0.3, 0.4) is 0 Å². The lowest BCUT2D eigenvalue weighted by Crippen LogP contribution is -2.41. The molecule has 0 aliphatic heterocycles. The Morgan fingerprint density at radius 1 is 1.16 bits per heavy atom. The second-order valence-corrected chi connectivity index (χ2v) is 10.2. The summed E-state index contributed by atoms with van der Waals surface area (Å²) in [5.74, 6) is 0.123. The van der Waals surface area contributed by atoms with E-state index in [2.05, 4.69) is 20.5 Å². The Labute approximate surface area is 194 Å². The summed E-state index contributed by atoms with van der Waals surface area (Å²) in [5, 5.41) is 10.6. The zero-order valence-electron chi connectivity index (χ0n) is 16.2. The van der Waals surface area contributed by atoms with Gasteiger partial charge < -0.3 is 5.32 Å². The second-order valence-electron chi connectivity index (χ2n) is 6.31. The molecule has 2 aromatic carbocycles. The standard InChI is InChI=1S/C19H19Cl2N5O3S2/c20-15-7-6-14(17(21)10-15)11-26(31(28,29)16-4-2-1-3-5-16)12-18(27)22-8-9-30-19-23-13-24-25-19/h1-7,10,13H,8-9,11-12H2,(H,22,27)(H,23,24,25). The minimum Gasteiger partial charge on any atom is -0.354 e. The number of sulfonamides is 1. The number of aromatic nitrogens is 3. The molecule has 0 unspecified atom stereocenters. The summed E-state index contributed by atoms with van der Waals surface area (Å²) < 4.78 is 27.5. The number of carbonyl (C=O) groups is 1. The van der Waals surface area contributed by atoms with Crippen LogP contribution in [0.2, 0.25) is 10.0 Å². The van der Waals surface area contributed by atoms with Gasteiger partial charge in [-0.2, -0.15) is 9.40 Å². The fourth-order valence-corrected chi connectivity index (χ4v) is 5.13. The van der Waals surface area contributed by atoms with Crippen LogP contribution in [-0.2, 0) is 21.4 Å². The molecule has 0 radical (unpaired) electrons. The molecule has 0 aliphatic carbocycles. The smallest absolute Gasteiger partial charge is 0.243 e. The molecule has 0 saturated heterocycles. The number of nitrogens with zero attached hydrogens (tertiary/aromatic N) is 3. The first-order valence-corrected chi connectivity index (χ1v) is 12.3. The largest absolute Gasteiger partial charge is 0.354 e. The van der Waals surface area contributed by atoms with Gasteiger partial charge in [0.15, 0.2) is 5.16 Å². The first kappa shape index (κ1) is 23.6. The highest BCUT2D eigenvalue weighted by atomic mass is 35.5. The minimum absolute atomic E-state index is 0.0759. The van der Waals surface area contributed by atoms with E-state index >= 15 is 0 Å². The minimum atomic E-state index is -3.93. The van der Waals surface area contributed by atoms with E-state index in [1.165, 1.54) is 36.3 Å². The van der Waals surface area contributed by atoms with Crippen LogP contribution in [0.25, 0.3) is 0 Å². The van der Waals surface area contributed by atoms with Crippen molar-refractivity contribution < 1.29 is 13.2 Å². The van der Waals surface area contributed by atoms with Crippen LogP contribution in [0.1, 0.15) is 5.56 Å². The third-order valence-corrected chi connectivity index (χ3v) is 7.39. The Morgan fingerprint density at radius 3 is 2.61 bits per heavy atom. The topological polar surface area (TPSA) is 108 Å². The van der Waals surface area contributed by atoms with Crippen LogP contribution >= 0.6 is 35.0 Å². The Bertz CT molecular complexity index is 1110. The molecule has 3 rings (SSSR count). The van der Waals surface area contributed by atoms with Crippen molar-refractivity contribution in [3.63, 3.8) is 0 Å². The number of hydrogen-bond donors (Lipinski definition) is 2. The van der Waals surface area contributed by atoms with Crippen LogP contribution in [0.15, 0.2) is 64.9 Å². The summed E-state index contributed by atoms with van der Waals surface area (Å²) in [7, 11) is -3.93. The molecule has 1 aromatic heterocycles. The molecule has 0 aliphatic rings. The number of rotatable bonds is 10. The van der Waals surface area contributed by atoms with Crippen molar-refractivity contribution in [2.24, 2.45) is 0 Å². The van der Waals surface area contributed by atoms with E-state index in [1.54, 1.807) is 30.3 Å². The number of aromatic amines is 1. The fraction of sp³-hybridized carbons (Fsp3) is 0.211. The molecule has 0 atom stereocenters. The highest BCUT2D eigenvalue weighted by Crippen LogP contribution is 2.25. The number of amides is 1. The molecule has 2 N–H and O–H groups in total. The van der Waals surface area contributed by atoms with Crippen molar-refractivity contribution >= 4 is 50.9 Å². The van der Waals surface area contributed by atoms with Crippen molar-refractivity contribution in [1.29, 1.82) is 0 Å². The number of thioether (sulfide) groups is 1. The van der Waals surface area contributed by atoms with Crippen LogP contribution < -0.4 is 5.32 Å². The fourth-order valence-electron chi connectivity index (χ4n) is 2.63. The monoisotopic (exact) mass is 499 g/mol. The molecule has 31 heavy (non-hydrogen) atoms. The van der Waals surface area contributed by atoms with E-state index < -0.39 is 15.9 Å². The van der Waals surface area contributed by atoms with Crippen molar-refractivity contribution in [3.8, 4) is 0 Å². The Kier molecular flexibility index (Phi) is 8.33. The normalized spacial score (nSPS) is 11.6. The number of halogens is 2. The first-order valence-electron chi connectivity index (χ1n) is 9.10. The molecule has 0 fully saturated rings. The van der Waals surface area contributed by atoms with Gasteiger partial charge in [0.2, 0.25) is 15.9 Å². The van der Waals surface area contributed by atoms with E-state index in [-0.39, 0.29) is 18.0 Å². The average molecular weight is 500 g/mol. The maximum Gasteiger partial charge on any atom is 0.243 e. The lowest BCUT2D eigenvalue weighted by Gasteiger charge is -2.22. The molecular weight excluding hydrogens is 481 g/mol. The molecule has 0 spiro atoms. The number of hydrogen-bond acceptors (Lipinski definition) is 6. The third-order valence-electron chi connectivity index (χ3n) is 4.12. The molecule has 12 heteroatoms. The lowest BCUT2D eigenvalue weighted by molar-refractivity contribution is -0.121. The molecule has 1 amide bonds. The van der Waals surface area contributed by atoms with Gasteiger partial charge in [-0.1, -0.05) is 59.2 Å². The molecular formula is C19H19Cl2N5O3S2. The highest BCUT2D eigenvalue weighted by molar-refractivity contribution is 7.99. The van der Waals surface area contributed by atoms with Crippen LogP contribution in [0.4, 0.5) is 0 Å². The van der Waals surface area contributed by atoms with Crippen LogP contribution in [0.5, 0.6) is 0 Å². The Hall–Kier alpha value is -2.11. The lowest BCUT2D eigenvalue weighted by atomic mass is 10.2. The molecule has 164 valence electrons. The van der Waals surface area contributed by atoms with Gasteiger partial charge >= 0.3 is 0 Å². The predicted molar refractivity (Wildman–Crippen MR) is 121 cm³/mol. The number of benzene rings is 2. The summed E-state index contributed by atoms with van der Waals surface area (Å²) in [4.78, 5) is 16.6. The Morgan fingerprint density at radius 2 is 1.94 bits per heavy atom. The Balaban J connectivity index is 1.71. The summed E-state index contributed by atoms with van der Waals surface area (Å²) in [6.07, 6.45) is 1.40. The maximum atomic E-state index is 13.2. The van der Waals surface area contributed by atoms with Crippen LogP contribution in [0, 0.1) is 0 Å². The maximum absolute atomic E-state index is 13.2. The van der Waals surface area contributed by atoms with Gasteiger partial charge in [-0.25, -0.2) is 13.4 Å². The van der Waals surface area contributed by atoms with Gasteiger partial charge in [0, 0.05) is 28.9 Å². The van der Waals surface area contributed by atoms with E-state index in [1.807, 2.05) is 0 Å². The number of nitrogens with one attached hydrogen (secondary N) is 2. The molecule has 8 nitrogen and oxygen atoms in total. The molecule has 0 bridgehead atoms. The summed E-state index contributed by atoms with van der Waals surface area (Å²) in [5.41, 5.74) is 0.541. The second kappa shape index (κ2) is 11.0. The molecule has 3 aromatic rings. The molecule has 1 heterocycles. The quantitative estimate of drug-likeness (QED) is 0.327. The van der Waals surface area contributed by atoms with Crippen molar-refractivity contribution in [1.82, 2.24) is 24.8 Å². The first-order chi connectivity index (χ1) is 14.9. The van der Waals surface area contributed by atoms with E-state index in [0.717, 1.165) is 4.31 Å². The zero-order valence-corrected chi connectivity index (χ0v) is 19.3. The zero-order chi connectivity index (χ0) is 22.3. The van der Waals surface area contributed by atoms with Gasteiger partial charge in [-0.05, 0) is 29.8 Å². The van der Waals surface area contributed by atoms with Gasteiger partial charge in [-0.15, -0.1) is 0 Å². The van der Waals surface area contributed by atoms with E-state index in [4.69, 9.17) is 23.2 Å². The SMILES string of the molecule is O=C(CN(Cc1ccc(Cl)cc1Cl)S(=O)(=O)c1ccccc1)NCCSc1ncn[nH]1. The third kappa shape index (κ3) is 6.68. The summed E-state index contributed by atoms with van der Waals surface area (Å²) in [6.45, 7) is -0.0955. The number of carbonyl (C=O) groups excluding carboxylic acids is 1. The van der Waals surface area contributed by atoms with Gasteiger partial charge in [0.05, 0.1) is 11.4 Å².